The van der Waals surface area contributed by atoms with Crippen LogP contribution in [0.3, 0.4) is 0 Å². The predicted molar refractivity (Wildman–Crippen MR) is 56.2 cm³/mol. The Hall–Kier alpha value is -1.38. The average Bonchev–Trinajstić information content (AvgIpc) is 2.27. The van der Waals surface area contributed by atoms with Crippen LogP contribution in [0.1, 0.15) is 27.2 Å². The monoisotopic (exact) mass is 193 g/mol. The molecule has 0 saturated carbocycles. The molecule has 1 heterocycles. The van der Waals surface area contributed by atoms with Crippen LogP contribution >= 0.6 is 0 Å². The highest BCUT2D eigenvalue weighted by Crippen LogP contribution is 2.13. The van der Waals surface area contributed by atoms with Gasteiger partial charge in [0.05, 0.1) is 0 Å². The third kappa shape index (κ3) is 3.56. The van der Waals surface area contributed by atoms with E-state index in [9.17, 15) is 4.79 Å². The highest BCUT2D eigenvalue weighted by Gasteiger charge is 2.18. The third-order valence-corrected chi connectivity index (χ3v) is 1.55. The summed E-state index contributed by atoms with van der Waals surface area (Å²) >= 11 is 0. The quantitative estimate of drug-likeness (QED) is 0.599. The summed E-state index contributed by atoms with van der Waals surface area (Å²) < 4.78 is 5.23. The second kappa shape index (κ2) is 4.22. The lowest BCUT2D eigenvalue weighted by molar-refractivity contribution is -0.149. The lowest BCUT2D eigenvalue weighted by Crippen LogP contribution is -2.24. The van der Waals surface area contributed by atoms with E-state index < -0.39 is 5.60 Å². The fraction of sp³-hybridized carbons (Fsp3) is 0.455. The zero-order valence-electron chi connectivity index (χ0n) is 8.78. The Morgan fingerprint density at radius 1 is 1.50 bits per heavy atom. The van der Waals surface area contributed by atoms with Crippen molar-refractivity contribution in [3.05, 3.63) is 23.9 Å². The van der Waals surface area contributed by atoms with Gasteiger partial charge in [-0.2, -0.15) is 0 Å². The van der Waals surface area contributed by atoms with Crippen molar-refractivity contribution in [1.29, 1.82) is 0 Å². The van der Waals surface area contributed by atoms with Gasteiger partial charge >= 0.3 is 5.97 Å². The zero-order valence-corrected chi connectivity index (χ0v) is 8.78. The number of hydrogen-bond donors (Lipinski definition) is 0. The fourth-order valence-electron chi connectivity index (χ4n) is 0.984. The number of allylic oxidation sites excluding steroid dienone is 2. The van der Waals surface area contributed by atoms with Gasteiger partial charge in [-0.05, 0) is 32.9 Å². The maximum atomic E-state index is 11.6. The Labute approximate surface area is 84.2 Å². The van der Waals surface area contributed by atoms with Gasteiger partial charge in [-0.15, -0.1) is 0 Å². The van der Waals surface area contributed by atoms with E-state index in [1.165, 1.54) is 0 Å². The molecular weight excluding hydrogens is 178 g/mol. The second-order valence-electron chi connectivity index (χ2n) is 4.07. The number of rotatable bonds is 1. The zero-order chi connectivity index (χ0) is 10.6. The molecule has 1 aliphatic rings. The van der Waals surface area contributed by atoms with Crippen LogP contribution in [0.2, 0.25) is 0 Å². The second-order valence-corrected chi connectivity index (χ2v) is 4.07. The Morgan fingerprint density at radius 2 is 2.21 bits per heavy atom. The molecule has 0 aliphatic carbocycles. The topological polar surface area (TPSA) is 38.7 Å². The Morgan fingerprint density at radius 3 is 2.86 bits per heavy atom. The van der Waals surface area contributed by atoms with E-state index in [-0.39, 0.29) is 5.97 Å². The van der Waals surface area contributed by atoms with Gasteiger partial charge in [0.25, 0.3) is 0 Å². The van der Waals surface area contributed by atoms with E-state index in [2.05, 4.69) is 4.99 Å². The molecule has 0 bridgehead atoms. The van der Waals surface area contributed by atoms with Gasteiger partial charge < -0.3 is 4.74 Å². The molecule has 0 atom stereocenters. The molecule has 0 spiro atoms. The van der Waals surface area contributed by atoms with E-state index >= 15 is 0 Å². The van der Waals surface area contributed by atoms with E-state index in [1.54, 1.807) is 24.6 Å². The summed E-state index contributed by atoms with van der Waals surface area (Å²) in [6, 6.07) is 0. The number of carbonyl (C=O) groups is 1. The summed E-state index contributed by atoms with van der Waals surface area (Å²) in [5.41, 5.74) is 0.197. The molecule has 0 aromatic heterocycles. The normalized spacial score (nSPS) is 16.1. The Kier molecular flexibility index (Phi) is 3.23. The molecule has 0 fully saturated rings. The minimum atomic E-state index is -0.439. The predicted octanol–water partition coefficient (Wildman–Crippen LogP) is 2.24. The van der Waals surface area contributed by atoms with Crippen LogP contribution in [0.4, 0.5) is 0 Å². The van der Waals surface area contributed by atoms with Crippen molar-refractivity contribution >= 4 is 12.2 Å². The lowest BCUT2D eigenvalue weighted by Gasteiger charge is -2.19. The van der Waals surface area contributed by atoms with Crippen LogP contribution in [0.25, 0.3) is 0 Å². The first-order chi connectivity index (χ1) is 6.49. The molecular formula is C11H15NO2. The molecule has 3 nitrogen and oxygen atoms in total. The maximum absolute atomic E-state index is 11.6. The van der Waals surface area contributed by atoms with Crippen molar-refractivity contribution in [3.8, 4) is 0 Å². The summed E-state index contributed by atoms with van der Waals surface area (Å²) in [5, 5.41) is 0. The molecule has 14 heavy (non-hydrogen) atoms. The lowest BCUT2D eigenvalue weighted by atomic mass is 10.1. The molecule has 76 valence electrons. The fourth-order valence-corrected chi connectivity index (χ4v) is 0.984. The number of nitrogens with zero attached hydrogens (tertiary/aromatic N) is 1. The number of esters is 1. The van der Waals surface area contributed by atoms with Gasteiger partial charge in [0.1, 0.15) is 5.60 Å². The number of carbonyl (C=O) groups excluding carboxylic acids is 1. The standard InChI is InChI=1S/C11H15NO2/c1-11(2,3)14-10(13)9-5-4-7-12-8-6-9/h4-5,7-8H,6H2,1-3H3. The Balaban J connectivity index is 2.66. The summed E-state index contributed by atoms with van der Waals surface area (Å²) in [7, 11) is 0. The molecule has 1 rings (SSSR count). The summed E-state index contributed by atoms with van der Waals surface area (Å²) in [6.07, 6.45) is 7.35. The van der Waals surface area contributed by atoms with Crippen LogP contribution in [-0.2, 0) is 9.53 Å². The van der Waals surface area contributed by atoms with E-state index in [0.29, 0.717) is 12.0 Å². The molecule has 1 aliphatic heterocycles. The summed E-state index contributed by atoms with van der Waals surface area (Å²) in [6.45, 7) is 5.56. The van der Waals surface area contributed by atoms with E-state index in [4.69, 9.17) is 4.74 Å². The molecule has 3 heteroatoms. The van der Waals surface area contributed by atoms with Gasteiger partial charge in [-0.25, -0.2) is 4.79 Å². The first kappa shape index (κ1) is 10.7. The molecule has 0 N–H and O–H groups in total. The van der Waals surface area contributed by atoms with Crippen molar-refractivity contribution < 1.29 is 9.53 Å². The van der Waals surface area contributed by atoms with Crippen LogP contribution in [-0.4, -0.2) is 17.8 Å². The summed E-state index contributed by atoms with van der Waals surface area (Å²) in [5.74, 6) is -0.268. The first-order valence-electron chi connectivity index (χ1n) is 4.60. The van der Waals surface area contributed by atoms with Gasteiger partial charge in [-0.3, -0.25) is 4.99 Å². The van der Waals surface area contributed by atoms with Crippen LogP contribution in [0, 0.1) is 0 Å². The molecule has 0 unspecified atom stereocenters. The van der Waals surface area contributed by atoms with Crippen LogP contribution < -0.4 is 0 Å². The average molecular weight is 193 g/mol. The van der Waals surface area contributed by atoms with E-state index in [1.807, 2.05) is 20.8 Å². The van der Waals surface area contributed by atoms with Crippen molar-refractivity contribution in [2.75, 3.05) is 0 Å². The van der Waals surface area contributed by atoms with Gasteiger partial charge in [0, 0.05) is 24.4 Å². The molecule has 0 radical (unpaired) electrons. The number of ether oxygens (including phenoxy) is 1. The van der Waals surface area contributed by atoms with Crippen molar-refractivity contribution in [2.24, 2.45) is 4.99 Å². The number of aliphatic imine (C=N–C) groups is 1. The number of hydrogen-bond acceptors (Lipinski definition) is 3. The van der Waals surface area contributed by atoms with Crippen molar-refractivity contribution in [2.45, 2.75) is 32.8 Å². The van der Waals surface area contributed by atoms with Gasteiger partial charge in [-0.1, -0.05) is 0 Å². The maximum Gasteiger partial charge on any atom is 0.334 e. The summed E-state index contributed by atoms with van der Waals surface area (Å²) in [4.78, 5) is 15.5. The Bertz CT molecular complexity index is 306. The molecule has 0 aromatic carbocycles. The SMILES string of the molecule is CC(C)(C)OC(=O)C1=CC=CN=CC1. The smallest absolute Gasteiger partial charge is 0.334 e. The third-order valence-electron chi connectivity index (χ3n) is 1.55. The van der Waals surface area contributed by atoms with Gasteiger partial charge in [0.15, 0.2) is 0 Å². The minimum Gasteiger partial charge on any atom is -0.457 e. The minimum absolute atomic E-state index is 0.268. The van der Waals surface area contributed by atoms with Crippen LogP contribution in [0.15, 0.2) is 28.9 Å². The van der Waals surface area contributed by atoms with Crippen LogP contribution in [0.5, 0.6) is 0 Å². The highest BCUT2D eigenvalue weighted by atomic mass is 16.6. The van der Waals surface area contributed by atoms with Gasteiger partial charge in [0.2, 0.25) is 0 Å². The molecule has 0 saturated heterocycles. The van der Waals surface area contributed by atoms with Crippen molar-refractivity contribution in [3.63, 3.8) is 0 Å². The first-order valence-corrected chi connectivity index (χ1v) is 4.60. The largest absolute Gasteiger partial charge is 0.457 e. The molecule has 0 amide bonds. The van der Waals surface area contributed by atoms with E-state index in [0.717, 1.165) is 0 Å². The molecule has 0 aromatic rings. The highest BCUT2D eigenvalue weighted by molar-refractivity contribution is 5.93. The van der Waals surface area contributed by atoms with Crippen molar-refractivity contribution in [1.82, 2.24) is 0 Å².